The molecule has 0 saturated heterocycles. The van der Waals surface area contributed by atoms with Gasteiger partial charge in [-0.3, -0.25) is 4.98 Å². The van der Waals surface area contributed by atoms with Crippen LogP contribution in [0.5, 0.6) is 0 Å². The van der Waals surface area contributed by atoms with Crippen molar-refractivity contribution in [2.24, 2.45) is 0 Å². The quantitative estimate of drug-likeness (QED) is 0.308. The molecule has 164 valence electrons. The zero-order valence-corrected chi connectivity index (χ0v) is 19.0. The maximum Gasteiger partial charge on any atom is 0.116 e. The third-order valence-corrected chi connectivity index (χ3v) is 6.16. The van der Waals surface area contributed by atoms with Crippen LogP contribution in [0.1, 0.15) is 35.2 Å². The van der Waals surface area contributed by atoms with Gasteiger partial charge in [0.1, 0.15) is 6.33 Å². The minimum atomic E-state index is 0.907. The highest BCUT2D eigenvalue weighted by Crippen LogP contribution is 2.34. The fraction of sp³-hybridized carbons (Fsp3) is 0.0645. The third-order valence-electron chi connectivity index (χ3n) is 6.16. The van der Waals surface area contributed by atoms with Crippen LogP contribution in [0.15, 0.2) is 105 Å². The van der Waals surface area contributed by atoms with Crippen LogP contribution in [-0.2, 0) is 0 Å². The summed E-state index contributed by atoms with van der Waals surface area (Å²) in [4.78, 5) is 13.3. The number of benzene rings is 2. The van der Waals surface area contributed by atoms with Crippen molar-refractivity contribution in [3.8, 4) is 22.4 Å². The Balaban J connectivity index is 1.46. The first kappa shape index (κ1) is 21.5. The summed E-state index contributed by atoms with van der Waals surface area (Å²) in [5, 5.41) is 0. The number of hydrogen-bond donors (Lipinski definition) is 0. The van der Waals surface area contributed by atoms with Gasteiger partial charge in [0.15, 0.2) is 0 Å². The SMILES string of the molecule is C=Cc1cccc(C2=CC(c3cc(-c4ccc(-c5cccnc5)cc4)ncn3)=CCC2)c1C=C. The molecule has 1 aliphatic rings. The summed E-state index contributed by atoms with van der Waals surface area (Å²) in [6, 6.07) is 20.8. The molecule has 0 atom stereocenters. The van der Waals surface area contributed by atoms with Gasteiger partial charge in [-0.15, -0.1) is 0 Å². The molecule has 5 rings (SSSR count). The van der Waals surface area contributed by atoms with E-state index in [0.717, 1.165) is 57.6 Å². The van der Waals surface area contributed by atoms with Crippen molar-refractivity contribution in [2.45, 2.75) is 12.8 Å². The van der Waals surface area contributed by atoms with Crippen molar-refractivity contribution in [3.63, 3.8) is 0 Å². The molecule has 0 fully saturated rings. The predicted octanol–water partition coefficient (Wildman–Crippen LogP) is 7.75. The molecular weight excluding hydrogens is 414 g/mol. The average Bonchev–Trinajstić information content (AvgIpc) is 2.93. The number of allylic oxidation sites excluding steroid dienone is 4. The van der Waals surface area contributed by atoms with Gasteiger partial charge in [0.2, 0.25) is 0 Å². The lowest BCUT2D eigenvalue weighted by Gasteiger charge is -2.17. The maximum atomic E-state index is 4.59. The van der Waals surface area contributed by atoms with Crippen LogP contribution in [0.2, 0.25) is 0 Å². The zero-order chi connectivity index (χ0) is 23.3. The van der Waals surface area contributed by atoms with E-state index in [1.54, 1.807) is 12.5 Å². The topological polar surface area (TPSA) is 38.7 Å². The molecule has 34 heavy (non-hydrogen) atoms. The molecule has 0 amide bonds. The van der Waals surface area contributed by atoms with Crippen LogP contribution >= 0.6 is 0 Å². The Morgan fingerprint density at radius 1 is 0.794 bits per heavy atom. The Labute approximate surface area is 200 Å². The van der Waals surface area contributed by atoms with Crippen LogP contribution in [-0.4, -0.2) is 15.0 Å². The van der Waals surface area contributed by atoms with Gasteiger partial charge >= 0.3 is 0 Å². The Morgan fingerprint density at radius 3 is 2.38 bits per heavy atom. The first-order valence-electron chi connectivity index (χ1n) is 11.4. The Kier molecular flexibility index (Phi) is 6.09. The van der Waals surface area contributed by atoms with E-state index in [0.29, 0.717) is 0 Å². The van der Waals surface area contributed by atoms with Crippen LogP contribution in [0.4, 0.5) is 0 Å². The van der Waals surface area contributed by atoms with E-state index < -0.39 is 0 Å². The summed E-state index contributed by atoms with van der Waals surface area (Å²) in [6.45, 7) is 7.98. The van der Waals surface area contributed by atoms with E-state index in [4.69, 9.17) is 0 Å². The summed E-state index contributed by atoms with van der Waals surface area (Å²) >= 11 is 0. The monoisotopic (exact) mass is 439 g/mol. The number of nitrogens with zero attached hydrogens (tertiary/aromatic N) is 3. The second-order valence-corrected chi connectivity index (χ2v) is 8.19. The van der Waals surface area contributed by atoms with Gasteiger partial charge in [-0.25, -0.2) is 9.97 Å². The lowest BCUT2D eigenvalue weighted by molar-refractivity contribution is 1.05. The Bertz CT molecular complexity index is 1410. The zero-order valence-electron chi connectivity index (χ0n) is 19.0. The van der Waals surface area contributed by atoms with Crippen LogP contribution in [0.25, 0.3) is 45.7 Å². The van der Waals surface area contributed by atoms with Crippen molar-refractivity contribution in [1.29, 1.82) is 0 Å². The first-order chi connectivity index (χ1) is 16.8. The van der Waals surface area contributed by atoms with Crippen LogP contribution in [0.3, 0.4) is 0 Å². The maximum absolute atomic E-state index is 4.59. The number of aromatic nitrogens is 3. The second-order valence-electron chi connectivity index (χ2n) is 8.19. The van der Waals surface area contributed by atoms with Gasteiger partial charge in [0, 0.05) is 18.0 Å². The lowest BCUT2D eigenvalue weighted by atomic mass is 9.88. The van der Waals surface area contributed by atoms with Crippen molar-refractivity contribution in [1.82, 2.24) is 15.0 Å². The number of hydrogen-bond acceptors (Lipinski definition) is 3. The molecule has 3 nitrogen and oxygen atoms in total. The first-order valence-corrected chi connectivity index (χ1v) is 11.4. The molecule has 0 spiro atoms. The van der Waals surface area contributed by atoms with E-state index in [2.05, 4.69) is 94.9 Å². The largest absolute Gasteiger partial charge is 0.264 e. The minimum Gasteiger partial charge on any atom is -0.264 e. The van der Waals surface area contributed by atoms with Gasteiger partial charge < -0.3 is 0 Å². The molecule has 2 aromatic carbocycles. The van der Waals surface area contributed by atoms with E-state index in [-0.39, 0.29) is 0 Å². The molecule has 0 unspecified atom stereocenters. The summed E-state index contributed by atoms with van der Waals surface area (Å²) in [5.41, 5.74) is 11.0. The second kappa shape index (κ2) is 9.63. The average molecular weight is 440 g/mol. The van der Waals surface area contributed by atoms with Gasteiger partial charge in [-0.1, -0.05) is 79.9 Å². The van der Waals surface area contributed by atoms with Crippen LogP contribution < -0.4 is 0 Å². The fourth-order valence-electron chi connectivity index (χ4n) is 4.40. The standard InChI is InChI=1S/C31H25N3/c1-3-22-8-6-12-29(28(22)4-2)25-9-5-10-26(18-25)31-19-30(33-21-34-31)24-15-13-23(14-16-24)27-11-7-17-32-20-27/h3-4,6-8,10-21H,1-2,5,9H2. The third kappa shape index (κ3) is 4.28. The smallest absolute Gasteiger partial charge is 0.116 e. The summed E-state index contributed by atoms with van der Waals surface area (Å²) in [6.07, 6.45) is 15.6. The van der Waals surface area contributed by atoms with Gasteiger partial charge in [0.05, 0.1) is 11.4 Å². The van der Waals surface area contributed by atoms with E-state index in [1.165, 1.54) is 11.1 Å². The summed E-state index contributed by atoms with van der Waals surface area (Å²) in [7, 11) is 0. The normalized spacial score (nSPS) is 13.1. The highest BCUT2D eigenvalue weighted by atomic mass is 14.8. The highest BCUT2D eigenvalue weighted by Gasteiger charge is 2.14. The molecule has 2 heterocycles. The van der Waals surface area contributed by atoms with Crippen molar-refractivity contribution in [3.05, 3.63) is 127 Å². The van der Waals surface area contributed by atoms with Gasteiger partial charge in [-0.05, 0) is 70.0 Å². The predicted molar refractivity (Wildman–Crippen MR) is 143 cm³/mol. The molecule has 3 heteroatoms. The van der Waals surface area contributed by atoms with Crippen molar-refractivity contribution in [2.75, 3.05) is 0 Å². The molecule has 2 aromatic heterocycles. The molecule has 0 saturated carbocycles. The van der Waals surface area contributed by atoms with Gasteiger partial charge in [-0.2, -0.15) is 0 Å². The highest BCUT2D eigenvalue weighted by molar-refractivity contribution is 5.88. The molecular formula is C31H25N3. The Morgan fingerprint density at radius 2 is 1.62 bits per heavy atom. The molecule has 4 aromatic rings. The van der Waals surface area contributed by atoms with Crippen molar-refractivity contribution < 1.29 is 0 Å². The molecule has 0 N–H and O–H groups in total. The Hall–Kier alpha value is -4.37. The van der Waals surface area contributed by atoms with Gasteiger partial charge in [0.25, 0.3) is 0 Å². The lowest BCUT2D eigenvalue weighted by Crippen LogP contribution is -1.98. The van der Waals surface area contributed by atoms with E-state index in [1.807, 2.05) is 24.4 Å². The fourth-order valence-corrected chi connectivity index (χ4v) is 4.40. The summed E-state index contributed by atoms with van der Waals surface area (Å²) in [5.74, 6) is 0. The van der Waals surface area contributed by atoms with E-state index in [9.17, 15) is 0 Å². The molecule has 0 bridgehead atoms. The van der Waals surface area contributed by atoms with E-state index >= 15 is 0 Å². The van der Waals surface area contributed by atoms with Crippen molar-refractivity contribution >= 4 is 23.3 Å². The minimum absolute atomic E-state index is 0.907. The number of rotatable bonds is 6. The molecule has 1 aliphatic carbocycles. The molecule has 0 aliphatic heterocycles. The summed E-state index contributed by atoms with van der Waals surface area (Å²) < 4.78 is 0. The van der Waals surface area contributed by atoms with Crippen LogP contribution in [0, 0.1) is 0 Å². The molecule has 0 radical (unpaired) electrons. The number of pyridine rings is 1.